The van der Waals surface area contributed by atoms with Gasteiger partial charge in [-0.15, -0.1) is 0 Å². The molecule has 0 amide bonds. The molecule has 16 heavy (non-hydrogen) atoms. The number of hydrogen-bond acceptors (Lipinski definition) is 1. The Morgan fingerprint density at radius 2 is 1.88 bits per heavy atom. The van der Waals surface area contributed by atoms with Crippen molar-refractivity contribution in [2.24, 2.45) is 5.92 Å². The number of fused-ring (bicyclic) bond motifs is 1. The van der Waals surface area contributed by atoms with Gasteiger partial charge in [-0.25, -0.2) is 4.98 Å². The molecule has 0 atom stereocenters. The van der Waals surface area contributed by atoms with Gasteiger partial charge in [0.15, 0.2) is 0 Å². The number of halogens is 2. The van der Waals surface area contributed by atoms with E-state index in [0.717, 1.165) is 19.3 Å². The van der Waals surface area contributed by atoms with Crippen LogP contribution in [0.25, 0.3) is 0 Å². The summed E-state index contributed by atoms with van der Waals surface area (Å²) in [6.45, 7) is 4.42. The van der Waals surface area contributed by atoms with Crippen LogP contribution in [0.1, 0.15) is 43.5 Å². The van der Waals surface area contributed by atoms with Crippen molar-refractivity contribution in [3.05, 3.63) is 27.0 Å². The van der Waals surface area contributed by atoms with E-state index in [2.05, 4.69) is 18.8 Å². The van der Waals surface area contributed by atoms with Gasteiger partial charge in [0, 0.05) is 5.69 Å². The van der Waals surface area contributed by atoms with Crippen molar-refractivity contribution in [1.29, 1.82) is 0 Å². The first-order valence-electron chi connectivity index (χ1n) is 5.95. The minimum Gasteiger partial charge on any atom is -0.239 e. The van der Waals surface area contributed by atoms with Crippen molar-refractivity contribution >= 4 is 23.2 Å². The van der Waals surface area contributed by atoms with Gasteiger partial charge in [-0.3, -0.25) is 0 Å². The largest absolute Gasteiger partial charge is 0.239 e. The van der Waals surface area contributed by atoms with Crippen LogP contribution in [0.5, 0.6) is 0 Å². The lowest BCUT2D eigenvalue weighted by atomic mass is 9.89. The van der Waals surface area contributed by atoms with Crippen LogP contribution < -0.4 is 0 Å². The first-order chi connectivity index (χ1) is 7.59. The van der Waals surface area contributed by atoms with E-state index in [9.17, 15) is 0 Å². The molecule has 0 saturated heterocycles. The molecule has 1 aromatic rings. The number of hydrogen-bond donors (Lipinski definition) is 0. The second kappa shape index (κ2) is 4.93. The van der Waals surface area contributed by atoms with Gasteiger partial charge in [0.05, 0.1) is 5.02 Å². The lowest BCUT2D eigenvalue weighted by molar-refractivity contribution is 0.618. The Bertz CT molecular complexity index is 399. The van der Waals surface area contributed by atoms with E-state index in [1.54, 1.807) is 0 Å². The lowest BCUT2D eigenvalue weighted by Crippen LogP contribution is -2.11. The number of rotatable bonds is 2. The summed E-state index contributed by atoms with van der Waals surface area (Å²) in [7, 11) is 0. The maximum Gasteiger partial charge on any atom is 0.148 e. The summed E-state index contributed by atoms with van der Waals surface area (Å²) < 4.78 is 0. The first kappa shape index (κ1) is 12.2. The van der Waals surface area contributed by atoms with Gasteiger partial charge in [0.1, 0.15) is 5.15 Å². The van der Waals surface area contributed by atoms with E-state index in [0.29, 0.717) is 16.1 Å². The van der Waals surface area contributed by atoms with E-state index >= 15 is 0 Å². The van der Waals surface area contributed by atoms with Gasteiger partial charge in [0.2, 0.25) is 0 Å². The molecule has 1 nitrogen and oxygen atoms in total. The van der Waals surface area contributed by atoms with Crippen LogP contribution >= 0.6 is 23.2 Å². The molecule has 0 aliphatic heterocycles. The first-order valence-corrected chi connectivity index (χ1v) is 6.70. The van der Waals surface area contributed by atoms with Gasteiger partial charge in [-0.05, 0) is 49.1 Å². The summed E-state index contributed by atoms with van der Waals surface area (Å²) in [6.07, 6.45) is 5.64. The van der Waals surface area contributed by atoms with Gasteiger partial charge >= 0.3 is 0 Å². The molecule has 0 N–H and O–H groups in total. The summed E-state index contributed by atoms with van der Waals surface area (Å²) >= 11 is 12.4. The number of pyridine rings is 1. The second-order valence-electron chi connectivity index (χ2n) is 4.93. The Morgan fingerprint density at radius 3 is 2.56 bits per heavy atom. The van der Waals surface area contributed by atoms with Crippen molar-refractivity contribution in [2.75, 3.05) is 0 Å². The molecular formula is C13H17Cl2N. The Labute approximate surface area is 107 Å². The average Bonchev–Trinajstić information content (AvgIpc) is 2.24. The fourth-order valence-electron chi connectivity index (χ4n) is 2.38. The zero-order valence-corrected chi connectivity index (χ0v) is 11.3. The van der Waals surface area contributed by atoms with Gasteiger partial charge < -0.3 is 0 Å². The molecule has 1 aromatic heterocycles. The Morgan fingerprint density at radius 1 is 1.19 bits per heavy atom. The zero-order chi connectivity index (χ0) is 11.7. The summed E-state index contributed by atoms with van der Waals surface area (Å²) in [6, 6.07) is 0. The van der Waals surface area contributed by atoms with E-state index in [4.69, 9.17) is 23.2 Å². The van der Waals surface area contributed by atoms with E-state index in [1.165, 1.54) is 29.7 Å². The molecule has 3 heteroatoms. The Kier molecular flexibility index (Phi) is 3.76. The molecule has 2 rings (SSSR count). The van der Waals surface area contributed by atoms with Crippen molar-refractivity contribution in [3.63, 3.8) is 0 Å². The van der Waals surface area contributed by atoms with Crippen molar-refractivity contribution in [3.8, 4) is 0 Å². The minimum absolute atomic E-state index is 0.484. The lowest BCUT2D eigenvalue weighted by Gasteiger charge is -2.21. The molecule has 1 aliphatic rings. The van der Waals surface area contributed by atoms with Crippen LogP contribution in [0.15, 0.2) is 0 Å². The monoisotopic (exact) mass is 257 g/mol. The van der Waals surface area contributed by atoms with E-state index < -0.39 is 0 Å². The van der Waals surface area contributed by atoms with Crippen LogP contribution in [0.3, 0.4) is 0 Å². The number of aryl methyl sites for hydroxylation is 1. The van der Waals surface area contributed by atoms with Crippen LogP contribution in [0, 0.1) is 5.92 Å². The number of aromatic nitrogens is 1. The third-order valence-electron chi connectivity index (χ3n) is 3.09. The van der Waals surface area contributed by atoms with Crippen LogP contribution in [0.4, 0.5) is 0 Å². The third-order valence-corrected chi connectivity index (χ3v) is 3.87. The highest BCUT2D eigenvalue weighted by Gasteiger charge is 2.20. The fourth-order valence-corrected chi connectivity index (χ4v) is 2.83. The maximum absolute atomic E-state index is 6.28. The fraction of sp³-hybridized carbons (Fsp3) is 0.615. The topological polar surface area (TPSA) is 12.9 Å². The predicted octanol–water partition coefficient (Wildman–Crippen LogP) is 4.47. The van der Waals surface area contributed by atoms with Crippen molar-refractivity contribution in [1.82, 2.24) is 4.98 Å². The van der Waals surface area contributed by atoms with Crippen LogP contribution in [0.2, 0.25) is 10.2 Å². The van der Waals surface area contributed by atoms with Crippen LogP contribution in [-0.2, 0) is 19.3 Å². The minimum atomic E-state index is 0.484. The molecule has 0 fully saturated rings. The molecule has 1 aliphatic carbocycles. The van der Waals surface area contributed by atoms with E-state index in [1.807, 2.05) is 0 Å². The smallest absolute Gasteiger partial charge is 0.148 e. The quantitative estimate of drug-likeness (QED) is 0.713. The molecule has 88 valence electrons. The summed E-state index contributed by atoms with van der Waals surface area (Å²) in [5, 5.41) is 1.16. The highest BCUT2D eigenvalue weighted by Crippen LogP contribution is 2.34. The van der Waals surface area contributed by atoms with Gasteiger partial charge in [-0.2, -0.15) is 0 Å². The summed E-state index contributed by atoms with van der Waals surface area (Å²) in [5.74, 6) is 0.599. The molecular weight excluding hydrogens is 241 g/mol. The molecule has 0 bridgehead atoms. The van der Waals surface area contributed by atoms with Crippen LogP contribution in [-0.4, -0.2) is 4.98 Å². The average molecular weight is 258 g/mol. The standard InChI is InChI=1S/C13H17Cl2N/c1-8(2)7-10-9-5-3-4-6-11(9)16-13(15)12(10)14/h8H,3-7H2,1-2H3. The summed E-state index contributed by atoms with van der Waals surface area (Å²) in [5.41, 5.74) is 3.79. The second-order valence-corrected chi connectivity index (χ2v) is 5.66. The third kappa shape index (κ3) is 2.36. The molecule has 0 aromatic carbocycles. The Hall–Kier alpha value is -0.270. The SMILES string of the molecule is CC(C)Cc1c(Cl)c(Cl)nc2c1CCCC2. The molecule has 0 saturated carbocycles. The normalized spacial score (nSPS) is 15.3. The molecule has 0 spiro atoms. The van der Waals surface area contributed by atoms with Crippen molar-refractivity contribution in [2.45, 2.75) is 46.0 Å². The predicted molar refractivity (Wildman–Crippen MR) is 69.4 cm³/mol. The molecule has 1 heterocycles. The number of nitrogens with zero attached hydrogens (tertiary/aromatic N) is 1. The van der Waals surface area contributed by atoms with E-state index in [-0.39, 0.29) is 0 Å². The van der Waals surface area contributed by atoms with Crippen molar-refractivity contribution < 1.29 is 0 Å². The highest BCUT2D eigenvalue weighted by molar-refractivity contribution is 6.41. The van der Waals surface area contributed by atoms with Gasteiger partial charge in [0.25, 0.3) is 0 Å². The highest BCUT2D eigenvalue weighted by atomic mass is 35.5. The summed E-state index contributed by atoms with van der Waals surface area (Å²) in [4.78, 5) is 4.41. The Balaban J connectivity index is 2.50. The zero-order valence-electron chi connectivity index (χ0n) is 9.82. The molecule has 0 radical (unpaired) electrons. The van der Waals surface area contributed by atoms with Gasteiger partial charge in [-0.1, -0.05) is 37.0 Å². The molecule has 0 unspecified atom stereocenters. The maximum atomic E-state index is 6.28.